The third-order valence-corrected chi connectivity index (χ3v) is 2.90. The van der Waals surface area contributed by atoms with Gasteiger partial charge in [0.25, 0.3) is 0 Å². The van der Waals surface area contributed by atoms with Crippen molar-refractivity contribution in [2.75, 3.05) is 6.54 Å². The van der Waals surface area contributed by atoms with Crippen LogP contribution in [0, 0.1) is 5.82 Å². The highest BCUT2D eigenvalue weighted by molar-refractivity contribution is 5.76. The SMILES string of the molecule is O=C(CCc1ccccc1F)NCCc1ccoc1. The number of halogens is 1. The Balaban J connectivity index is 1.69. The van der Waals surface area contributed by atoms with Crippen LogP contribution < -0.4 is 5.32 Å². The van der Waals surface area contributed by atoms with E-state index in [9.17, 15) is 9.18 Å². The molecule has 0 radical (unpaired) electrons. The molecule has 3 nitrogen and oxygen atoms in total. The first-order valence-electron chi connectivity index (χ1n) is 6.27. The zero-order valence-electron chi connectivity index (χ0n) is 10.6. The second kappa shape index (κ2) is 6.73. The number of nitrogens with one attached hydrogen (secondary N) is 1. The van der Waals surface area contributed by atoms with Crippen LogP contribution in [0.2, 0.25) is 0 Å². The van der Waals surface area contributed by atoms with Gasteiger partial charge < -0.3 is 9.73 Å². The molecule has 1 aromatic heterocycles. The van der Waals surface area contributed by atoms with Gasteiger partial charge in [-0.25, -0.2) is 4.39 Å². The number of furan rings is 1. The van der Waals surface area contributed by atoms with Crippen LogP contribution in [0.15, 0.2) is 47.3 Å². The number of carbonyl (C=O) groups is 1. The molecule has 0 saturated carbocycles. The lowest BCUT2D eigenvalue weighted by Crippen LogP contribution is -2.25. The first kappa shape index (κ1) is 13.3. The van der Waals surface area contributed by atoms with Gasteiger partial charge in [-0.1, -0.05) is 18.2 Å². The lowest BCUT2D eigenvalue weighted by molar-refractivity contribution is -0.121. The molecule has 19 heavy (non-hydrogen) atoms. The summed E-state index contributed by atoms with van der Waals surface area (Å²) in [6.07, 6.45) is 4.72. The van der Waals surface area contributed by atoms with E-state index in [1.54, 1.807) is 30.7 Å². The Morgan fingerprint density at radius 1 is 1.21 bits per heavy atom. The van der Waals surface area contributed by atoms with E-state index < -0.39 is 0 Å². The number of rotatable bonds is 6. The highest BCUT2D eigenvalue weighted by Crippen LogP contribution is 2.08. The predicted octanol–water partition coefficient (Wildman–Crippen LogP) is 2.71. The van der Waals surface area contributed by atoms with Gasteiger partial charge in [0, 0.05) is 13.0 Å². The van der Waals surface area contributed by atoms with E-state index in [-0.39, 0.29) is 11.7 Å². The maximum absolute atomic E-state index is 13.3. The number of benzene rings is 1. The van der Waals surface area contributed by atoms with E-state index in [1.807, 2.05) is 6.07 Å². The molecule has 1 N–H and O–H groups in total. The van der Waals surface area contributed by atoms with Crippen molar-refractivity contribution in [3.05, 3.63) is 59.8 Å². The monoisotopic (exact) mass is 261 g/mol. The minimum atomic E-state index is -0.256. The molecule has 0 aliphatic rings. The first-order chi connectivity index (χ1) is 9.25. The molecule has 0 unspecified atom stereocenters. The van der Waals surface area contributed by atoms with Crippen LogP contribution in [0.25, 0.3) is 0 Å². The molecule has 4 heteroatoms. The van der Waals surface area contributed by atoms with Crippen LogP contribution in [0.1, 0.15) is 17.5 Å². The van der Waals surface area contributed by atoms with Crippen molar-refractivity contribution < 1.29 is 13.6 Å². The summed E-state index contributed by atoms with van der Waals surface area (Å²) in [5.41, 5.74) is 1.63. The zero-order chi connectivity index (χ0) is 13.5. The molecule has 1 heterocycles. The van der Waals surface area contributed by atoms with Gasteiger partial charge in [0.15, 0.2) is 0 Å². The Labute approximate surface area is 111 Å². The van der Waals surface area contributed by atoms with Crippen molar-refractivity contribution >= 4 is 5.91 Å². The summed E-state index contributed by atoms with van der Waals surface area (Å²) in [4.78, 5) is 11.6. The highest BCUT2D eigenvalue weighted by atomic mass is 19.1. The molecule has 2 rings (SSSR count). The van der Waals surface area contributed by atoms with Crippen molar-refractivity contribution in [2.45, 2.75) is 19.3 Å². The molecule has 2 aromatic rings. The van der Waals surface area contributed by atoms with E-state index in [1.165, 1.54) is 6.07 Å². The van der Waals surface area contributed by atoms with Gasteiger partial charge in [0.1, 0.15) is 5.82 Å². The standard InChI is InChI=1S/C15H16FNO2/c16-14-4-2-1-3-13(14)5-6-15(18)17-9-7-12-8-10-19-11-12/h1-4,8,10-11H,5-7,9H2,(H,17,18). The molecular formula is C15H16FNO2. The van der Waals surface area contributed by atoms with Crippen molar-refractivity contribution in [1.29, 1.82) is 0 Å². The summed E-state index contributed by atoms with van der Waals surface area (Å²) < 4.78 is 18.3. The van der Waals surface area contributed by atoms with Crippen LogP contribution in [0.4, 0.5) is 4.39 Å². The fraction of sp³-hybridized carbons (Fsp3) is 0.267. The largest absolute Gasteiger partial charge is 0.472 e. The summed E-state index contributed by atoms with van der Waals surface area (Å²) in [5.74, 6) is -0.319. The first-order valence-corrected chi connectivity index (χ1v) is 6.27. The fourth-order valence-electron chi connectivity index (χ4n) is 1.82. The topological polar surface area (TPSA) is 42.2 Å². The molecular weight excluding hydrogens is 245 g/mol. The lowest BCUT2D eigenvalue weighted by Gasteiger charge is -2.05. The fourth-order valence-corrected chi connectivity index (χ4v) is 1.82. The Kier molecular flexibility index (Phi) is 4.72. The number of hydrogen-bond acceptors (Lipinski definition) is 2. The predicted molar refractivity (Wildman–Crippen MR) is 70.1 cm³/mol. The highest BCUT2D eigenvalue weighted by Gasteiger charge is 2.05. The average molecular weight is 261 g/mol. The number of amides is 1. The molecule has 0 bridgehead atoms. The molecule has 0 aliphatic carbocycles. The molecule has 1 amide bonds. The van der Waals surface area contributed by atoms with E-state index in [4.69, 9.17) is 4.42 Å². The van der Waals surface area contributed by atoms with E-state index in [2.05, 4.69) is 5.32 Å². The second-order valence-corrected chi connectivity index (χ2v) is 4.32. The Morgan fingerprint density at radius 2 is 2.05 bits per heavy atom. The Morgan fingerprint density at radius 3 is 2.79 bits per heavy atom. The van der Waals surface area contributed by atoms with E-state index in [0.717, 1.165) is 12.0 Å². The van der Waals surface area contributed by atoms with Gasteiger partial charge in [0.2, 0.25) is 5.91 Å². The van der Waals surface area contributed by atoms with Crippen LogP contribution in [-0.2, 0) is 17.6 Å². The van der Waals surface area contributed by atoms with Gasteiger partial charge >= 0.3 is 0 Å². The van der Waals surface area contributed by atoms with E-state index >= 15 is 0 Å². The minimum Gasteiger partial charge on any atom is -0.472 e. The second-order valence-electron chi connectivity index (χ2n) is 4.32. The number of hydrogen-bond donors (Lipinski definition) is 1. The van der Waals surface area contributed by atoms with Crippen LogP contribution in [-0.4, -0.2) is 12.5 Å². The van der Waals surface area contributed by atoms with Crippen LogP contribution in [0.5, 0.6) is 0 Å². The molecule has 0 fully saturated rings. The maximum atomic E-state index is 13.3. The summed E-state index contributed by atoms with van der Waals surface area (Å²) in [6.45, 7) is 0.565. The van der Waals surface area contributed by atoms with Crippen molar-refractivity contribution in [2.24, 2.45) is 0 Å². The molecule has 100 valence electrons. The smallest absolute Gasteiger partial charge is 0.220 e. The van der Waals surface area contributed by atoms with Gasteiger partial charge in [0.05, 0.1) is 12.5 Å². The Hall–Kier alpha value is -2.10. The van der Waals surface area contributed by atoms with Gasteiger partial charge in [-0.2, -0.15) is 0 Å². The number of aryl methyl sites for hydroxylation is 1. The molecule has 0 saturated heterocycles. The van der Waals surface area contributed by atoms with Crippen molar-refractivity contribution in [3.63, 3.8) is 0 Å². The third-order valence-electron chi connectivity index (χ3n) is 2.90. The maximum Gasteiger partial charge on any atom is 0.220 e. The quantitative estimate of drug-likeness (QED) is 0.868. The molecule has 0 atom stereocenters. The lowest BCUT2D eigenvalue weighted by atomic mass is 10.1. The summed E-state index contributed by atoms with van der Waals surface area (Å²) >= 11 is 0. The summed E-state index contributed by atoms with van der Waals surface area (Å²) in [6, 6.07) is 8.39. The van der Waals surface area contributed by atoms with Gasteiger partial charge in [-0.05, 0) is 36.1 Å². The summed E-state index contributed by atoms with van der Waals surface area (Å²) in [7, 11) is 0. The molecule has 0 aliphatic heterocycles. The molecule has 0 spiro atoms. The van der Waals surface area contributed by atoms with Gasteiger partial charge in [-0.15, -0.1) is 0 Å². The van der Waals surface area contributed by atoms with E-state index in [0.29, 0.717) is 24.9 Å². The molecule has 1 aromatic carbocycles. The normalized spacial score (nSPS) is 10.4. The Bertz CT molecular complexity index is 523. The number of carbonyl (C=O) groups excluding carboxylic acids is 1. The van der Waals surface area contributed by atoms with Gasteiger partial charge in [-0.3, -0.25) is 4.79 Å². The van der Waals surface area contributed by atoms with Crippen LogP contribution >= 0.6 is 0 Å². The zero-order valence-corrected chi connectivity index (χ0v) is 10.6. The van der Waals surface area contributed by atoms with Crippen LogP contribution in [0.3, 0.4) is 0 Å². The minimum absolute atomic E-state index is 0.0632. The summed E-state index contributed by atoms with van der Waals surface area (Å²) in [5, 5.41) is 2.81. The third kappa shape index (κ3) is 4.25. The van der Waals surface area contributed by atoms with Crippen molar-refractivity contribution in [3.8, 4) is 0 Å². The average Bonchev–Trinajstić information content (AvgIpc) is 2.91. The van der Waals surface area contributed by atoms with Crippen molar-refractivity contribution in [1.82, 2.24) is 5.32 Å².